The van der Waals surface area contributed by atoms with E-state index in [-0.39, 0.29) is 6.09 Å². The standard InChI is InChI=1S/C8H18N2O2/c1-4-6-7-12-8(11)10(5-2)9-3/h9H,4-7H2,1-3H3. The number of hydrogen-bond acceptors (Lipinski definition) is 3. The van der Waals surface area contributed by atoms with Crippen LogP contribution in [0.4, 0.5) is 4.79 Å². The van der Waals surface area contributed by atoms with Gasteiger partial charge in [0, 0.05) is 13.6 Å². The van der Waals surface area contributed by atoms with Crippen LogP contribution in [0.2, 0.25) is 0 Å². The number of hydrogen-bond donors (Lipinski definition) is 1. The van der Waals surface area contributed by atoms with Crippen molar-refractivity contribution in [2.75, 3.05) is 20.2 Å². The van der Waals surface area contributed by atoms with Gasteiger partial charge in [-0.2, -0.15) is 0 Å². The zero-order chi connectivity index (χ0) is 9.40. The molecular formula is C8H18N2O2. The lowest BCUT2D eigenvalue weighted by Gasteiger charge is -2.18. The van der Waals surface area contributed by atoms with E-state index in [1.165, 1.54) is 5.01 Å². The second kappa shape index (κ2) is 6.91. The number of carbonyl (C=O) groups is 1. The van der Waals surface area contributed by atoms with Crippen molar-refractivity contribution in [2.45, 2.75) is 26.7 Å². The van der Waals surface area contributed by atoms with E-state index in [4.69, 9.17) is 4.74 Å². The molecule has 0 unspecified atom stereocenters. The molecule has 0 aromatic carbocycles. The molecule has 1 amide bonds. The van der Waals surface area contributed by atoms with Gasteiger partial charge in [-0.05, 0) is 13.3 Å². The first-order valence-corrected chi connectivity index (χ1v) is 4.37. The maximum atomic E-state index is 11.1. The van der Waals surface area contributed by atoms with Gasteiger partial charge >= 0.3 is 6.09 Å². The van der Waals surface area contributed by atoms with E-state index in [1.807, 2.05) is 6.92 Å². The first-order valence-electron chi connectivity index (χ1n) is 4.37. The molecule has 0 fully saturated rings. The van der Waals surface area contributed by atoms with E-state index in [1.54, 1.807) is 7.05 Å². The predicted molar refractivity (Wildman–Crippen MR) is 47.7 cm³/mol. The van der Waals surface area contributed by atoms with Crippen LogP contribution in [0.1, 0.15) is 26.7 Å². The molecule has 1 N–H and O–H groups in total. The Balaban J connectivity index is 3.54. The van der Waals surface area contributed by atoms with Crippen LogP contribution < -0.4 is 5.43 Å². The van der Waals surface area contributed by atoms with Crippen LogP contribution in [-0.2, 0) is 4.74 Å². The van der Waals surface area contributed by atoms with Gasteiger partial charge in [-0.3, -0.25) is 0 Å². The van der Waals surface area contributed by atoms with Gasteiger partial charge in [0.15, 0.2) is 0 Å². The normalized spacial score (nSPS) is 9.58. The van der Waals surface area contributed by atoms with Crippen molar-refractivity contribution in [3.05, 3.63) is 0 Å². The summed E-state index contributed by atoms with van der Waals surface area (Å²) in [6.07, 6.45) is 1.67. The molecule has 4 nitrogen and oxygen atoms in total. The fourth-order valence-electron chi connectivity index (χ4n) is 0.760. The molecule has 12 heavy (non-hydrogen) atoms. The highest BCUT2D eigenvalue weighted by atomic mass is 16.6. The minimum Gasteiger partial charge on any atom is -0.448 e. The van der Waals surface area contributed by atoms with Crippen molar-refractivity contribution in [3.63, 3.8) is 0 Å². The Hall–Kier alpha value is -0.770. The number of amides is 1. The van der Waals surface area contributed by atoms with Crippen molar-refractivity contribution in [1.82, 2.24) is 10.4 Å². The number of hydrazine groups is 1. The van der Waals surface area contributed by atoms with Crippen LogP contribution in [0.25, 0.3) is 0 Å². The van der Waals surface area contributed by atoms with Crippen LogP contribution >= 0.6 is 0 Å². The molecule has 0 aliphatic heterocycles. The van der Waals surface area contributed by atoms with Gasteiger partial charge in [0.1, 0.15) is 0 Å². The van der Waals surface area contributed by atoms with Crippen molar-refractivity contribution in [1.29, 1.82) is 0 Å². The van der Waals surface area contributed by atoms with E-state index >= 15 is 0 Å². The van der Waals surface area contributed by atoms with Crippen LogP contribution in [0.15, 0.2) is 0 Å². The Kier molecular flexibility index (Phi) is 6.47. The Morgan fingerprint density at radius 3 is 2.58 bits per heavy atom. The summed E-state index contributed by atoms with van der Waals surface area (Å²) in [7, 11) is 1.70. The number of nitrogens with one attached hydrogen (secondary N) is 1. The van der Waals surface area contributed by atoms with E-state index < -0.39 is 0 Å². The van der Waals surface area contributed by atoms with E-state index in [0.717, 1.165) is 12.8 Å². The first kappa shape index (κ1) is 11.2. The van der Waals surface area contributed by atoms with Gasteiger partial charge < -0.3 is 4.74 Å². The third-order valence-corrected chi connectivity index (χ3v) is 1.53. The Bertz CT molecular complexity index is 124. The summed E-state index contributed by atoms with van der Waals surface area (Å²) in [5.41, 5.74) is 2.74. The van der Waals surface area contributed by atoms with Crippen LogP contribution in [0.5, 0.6) is 0 Å². The van der Waals surface area contributed by atoms with E-state index in [9.17, 15) is 4.79 Å². The van der Waals surface area contributed by atoms with Crippen molar-refractivity contribution in [2.24, 2.45) is 0 Å². The summed E-state index contributed by atoms with van der Waals surface area (Å²) in [6, 6.07) is 0. The second-order valence-corrected chi connectivity index (χ2v) is 2.44. The molecule has 0 heterocycles. The summed E-state index contributed by atoms with van der Waals surface area (Å²) in [6.45, 7) is 5.07. The minimum absolute atomic E-state index is 0.298. The lowest BCUT2D eigenvalue weighted by atomic mass is 10.4. The maximum absolute atomic E-state index is 11.1. The molecule has 0 saturated heterocycles. The molecule has 0 aromatic rings. The third-order valence-electron chi connectivity index (χ3n) is 1.53. The highest BCUT2D eigenvalue weighted by molar-refractivity contribution is 5.66. The summed E-state index contributed by atoms with van der Waals surface area (Å²) < 4.78 is 4.95. The van der Waals surface area contributed by atoms with Gasteiger partial charge in [0.25, 0.3) is 0 Å². The smallest absolute Gasteiger partial charge is 0.424 e. The van der Waals surface area contributed by atoms with Gasteiger partial charge in [-0.15, -0.1) is 0 Å². The average molecular weight is 174 g/mol. The molecule has 0 radical (unpaired) electrons. The molecule has 0 bridgehead atoms. The molecule has 0 saturated carbocycles. The summed E-state index contributed by atoms with van der Waals surface area (Å²) in [4.78, 5) is 11.1. The van der Waals surface area contributed by atoms with Crippen molar-refractivity contribution >= 4 is 6.09 Å². The maximum Gasteiger partial charge on any atom is 0.424 e. The number of nitrogens with zero attached hydrogens (tertiary/aromatic N) is 1. The molecule has 4 heteroatoms. The van der Waals surface area contributed by atoms with E-state index in [0.29, 0.717) is 13.2 Å². The Labute approximate surface area is 73.8 Å². The van der Waals surface area contributed by atoms with Crippen LogP contribution in [0, 0.1) is 0 Å². The number of unbranched alkanes of at least 4 members (excludes halogenated alkanes) is 1. The van der Waals surface area contributed by atoms with E-state index in [2.05, 4.69) is 12.3 Å². The number of rotatable bonds is 5. The summed E-state index contributed by atoms with van der Waals surface area (Å²) in [5, 5.41) is 1.43. The first-order chi connectivity index (χ1) is 5.76. The zero-order valence-electron chi connectivity index (χ0n) is 8.09. The highest BCUT2D eigenvalue weighted by Gasteiger charge is 2.09. The van der Waals surface area contributed by atoms with Gasteiger partial charge in [0.05, 0.1) is 6.61 Å². The Morgan fingerprint density at radius 2 is 2.17 bits per heavy atom. The monoisotopic (exact) mass is 174 g/mol. The predicted octanol–water partition coefficient (Wildman–Crippen LogP) is 1.38. The molecule has 0 rings (SSSR count). The van der Waals surface area contributed by atoms with Gasteiger partial charge in [-0.1, -0.05) is 13.3 Å². The number of ether oxygens (including phenoxy) is 1. The number of carbonyl (C=O) groups excluding carboxylic acids is 1. The summed E-state index contributed by atoms with van der Waals surface area (Å²) >= 11 is 0. The van der Waals surface area contributed by atoms with Crippen LogP contribution in [0.3, 0.4) is 0 Å². The summed E-state index contributed by atoms with van der Waals surface area (Å²) in [5.74, 6) is 0. The SMILES string of the molecule is CCCCOC(=O)N(CC)NC. The van der Waals surface area contributed by atoms with Gasteiger partial charge in [-0.25, -0.2) is 15.2 Å². The fraction of sp³-hybridized carbons (Fsp3) is 0.875. The van der Waals surface area contributed by atoms with Gasteiger partial charge in [0.2, 0.25) is 0 Å². The Morgan fingerprint density at radius 1 is 1.50 bits per heavy atom. The van der Waals surface area contributed by atoms with Crippen molar-refractivity contribution < 1.29 is 9.53 Å². The fourth-order valence-corrected chi connectivity index (χ4v) is 0.760. The molecule has 0 aliphatic rings. The molecule has 0 atom stereocenters. The van der Waals surface area contributed by atoms with Crippen LogP contribution in [-0.4, -0.2) is 31.3 Å². The highest BCUT2D eigenvalue weighted by Crippen LogP contribution is 1.92. The molecule has 72 valence electrons. The second-order valence-electron chi connectivity index (χ2n) is 2.44. The molecule has 0 aromatic heterocycles. The molecule has 0 aliphatic carbocycles. The lowest BCUT2D eigenvalue weighted by molar-refractivity contribution is 0.0882. The lowest BCUT2D eigenvalue weighted by Crippen LogP contribution is -2.40. The topological polar surface area (TPSA) is 41.6 Å². The third kappa shape index (κ3) is 4.18. The molecular weight excluding hydrogens is 156 g/mol. The molecule has 0 spiro atoms. The largest absolute Gasteiger partial charge is 0.448 e. The van der Waals surface area contributed by atoms with Crippen molar-refractivity contribution in [3.8, 4) is 0 Å². The minimum atomic E-state index is -0.298. The quantitative estimate of drug-likeness (QED) is 0.505. The zero-order valence-corrected chi connectivity index (χ0v) is 8.09. The average Bonchev–Trinajstić information content (AvgIpc) is 2.07.